The van der Waals surface area contributed by atoms with E-state index < -0.39 is 10.0 Å². The molecule has 3 aromatic carbocycles. The number of rotatable bonds is 5. The Morgan fingerprint density at radius 1 is 1.00 bits per heavy atom. The van der Waals surface area contributed by atoms with Crippen LogP contribution in [0.25, 0.3) is 10.8 Å². The van der Waals surface area contributed by atoms with Gasteiger partial charge in [-0.1, -0.05) is 36.4 Å². The van der Waals surface area contributed by atoms with Gasteiger partial charge in [0.05, 0.1) is 4.90 Å². The average Bonchev–Trinajstić information content (AvgIpc) is 2.56. The van der Waals surface area contributed by atoms with Crippen LogP contribution in [0.1, 0.15) is 5.56 Å². The lowest BCUT2D eigenvalue weighted by atomic mass is 10.1. The minimum atomic E-state index is -3.75. The molecule has 0 atom stereocenters. The summed E-state index contributed by atoms with van der Waals surface area (Å²) in [7, 11) is -1.97. The third-order valence-electron chi connectivity index (χ3n) is 3.70. The van der Waals surface area contributed by atoms with Crippen molar-refractivity contribution >= 4 is 20.8 Å². The zero-order chi connectivity index (χ0) is 17.2. The molecule has 0 aromatic heterocycles. The van der Waals surface area contributed by atoms with Gasteiger partial charge in [0.2, 0.25) is 10.0 Å². The predicted octanol–water partition coefficient (Wildman–Crippen LogP) is 3.00. The fourth-order valence-electron chi connectivity index (χ4n) is 2.56. The van der Waals surface area contributed by atoms with E-state index in [0.717, 1.165) is 16.3 Å². The van der Waals surface area contributed by atoms with Crippen molar-refractivity contribution in [2.45, 2.75) is 11.4 Å². The second-order valence-corrected chi connectivity index (χ2v) is 6.99. The van der Waals surface area contributed by atoms with Gasteiger partial charge in [-0.05, 0) is 36.7 Å². The molecule has 0 aliphatic heterocycles. The molecule has 0 unspecified atom stereocenters. The Morgan fingerprint density at radius 3 is 2.50 bits per heavy atom. The summed E-state index contributed by atoms with van der Waals surface area (Å²) in [6.07, 6.45) is 0. The monoisotopic (exact) mass is 342 g/mol. The van der Waals surface area contributed by atoms with Crippen LogP contribution < -0.4 is 15.2 Å². The molecule has 5 nitrogen and oxygen atoms in total. The number of primary sulfonamides is 1. The molecule has 24 heavy (non-hydrogen) atoms. The topological polar surface area (TPSA) is 81.4 Å². The van der Waals surface area contributed by atoms with Crippen LogP contribution in [0.2, 0.25) is 0 Å². The fourth-order valence-corrected chi connectivity index (χ4v) is 3.13. The highest BCUT2D eigenvalue weighted by Crippen LogP contribution is 2.32. The van der Waals surface area contributed by atoms with Crippen LogP contribution in [0.3, 0.4) is 0 Å². The summed E-state index contributed by atoms with van der Waals surface area (Å²) in [6.45, 7) is 0.462. The first kappa shape index (κ1) is 16.4. The molecular weight excluding hydrogens is 324 g/mol. The SMILES string of the molecule is CNCc1cc(S(N)(=O)=O)ccc1Oc1cccc2ccccc12. The second kappa shape index (κ2) is 6.60. The molecule has 0 aliphatic rings. The molecule has 0 bridgehead atoms. The molecular formula is C18H18N2O3S. The Labute approximate surface area is 141 Å². The third kappa shape index (κ3) is 3.41. The third-order valence-corrected chi connectivity index (χ3v) is 4.61. The van der Waals surface area contributed by atoms with Crippen LogP contribution in [-0.4, -0.2) is 15.5 Å². The van der Waals surface area contributed by atoms with Crippen LogP contribution >= 0.6 is 0 Å². The normalized spacial score (nSPS) is 11.6. The first-order chi connectivity index (χ1) is 11.5. The summed E-state index contributed by atoms with van der Waals surface area (Å²) in [4.78, 5) is 0.0676. The average molecular weight is 342 g/mol. The van der Waals surface area contributed by atoms with Gasteiger partial charge in [0.15, 0.2) is 0 Å². The fraction of sp³-hybridized carbons (Fsp3) is 0.111. The summed E-state index contributed by atoms with van der Waals surface area (Å²) in [5, 5.41) is 10.3. The maximum Gasteiger partial charge on any atom is 0.238 e. The lowest BCUT2D eigenvalue weighted by Crippen LogP contribution is -2.14. The Balaban J connectivity index is 2.05. The summed E-state index contributed by atoms with van der Waals surface area (Å²) in [5.41, 5.74) is 0.719. The van der Waals surface area contributed by atoms with Crippen molar-refractivity contribution in [2.24, 2.45) is 5.14 Å². The number of hydrogen-bond donors (Lipinski definition) is 2. The first-order valence-corrected chi connectivity index (χ1v) is 8.99. The lowest BCUT2D eigenvalue weighted by Gasteiger charge is -2.14. The minimum absolute atomic E-state index is 0.0676. The van der Waals surface area contributed by atoms with E-state index in [9.17, 15) is 8.42 Å². The van der Waals surface area contributed by atoms with Crippen LogP contribution in [0.15, 0.2) is 65.6 Å². The van der Waals surface area contributed by atoms with E-state index in [1.54, 1.807) is 13.1 Å². The van der Waals surface area contributed by atoms with Crippen molar-refractivity contribution in [3.63, 3.8) is 0 Å². The molecule has 3 aromatic rings. The molecule has 0 spiro atoms. The second-order valence-electron chi connectivity index (χ2n) is 5.42. The van der Waals surface area contributed by atoms with E-state index in [1.807, 2.05) is 42.5 Å². The van der Waals surface area contributed by atoms with E-state index in [2.05, 4.69) is 5.32 Å². The van der Waals surface area contributed by atoms with E-state index in [1.165, 1.54) is 12.1 Å². The zero-order valence-corrected chi connectivity index (χ0v) is 14.0. The van der Waals surface area contributed by atoms with Gasteiger partial charge < -0.3 is 10.1 Å². The molecule has 0 fully saturated rings. The summed E-state index contributed by atoms with van der Waals surface area (Å²) in [5.74, 6) is 1.31. The predicted molar refractivity (Wildman–Crippen MR) is 94.6 cm³/mol. The minimum Gasteiger partial charge on any atom is -0.456 e. The van der Waals surface area contributed by atoms with Gasteiger partial charge in [0, 0.05) is 17.5 Å². The first-order valence-electron chi connectivity index (χ1n) is 7.45. The Morgan fingerprint density at radius 2 is 1.75 bits per heavy atom. The quantitative estimate of drug-likeness (QED) is 0.747. The highest BCUT2D eigenvalue weighted by atomic mass is 32.2. The number of fused-ring (bicyclic) bond motifs is 1. The van der Waals surface area contributed by atoms with Crippen LogP contribution in [-0.2, 0) is 16.6 Å². The van der Waals surface area contributed by atoms with Crippen LogP contribution in [0.4, 0.5) is 0 Å². The Bertz CT molecular complexity index is 979. The zero-order valence-electron chi connectivity index (χ0n) is 13.2. The number of benzene rings is 3. The van der Waals surface area contributed by atoms with Crippen LogP contribution in [0.5, 0.6) is 11.5 Å². The molecule has 0 heterocycles. The van der Waals surface area contributed by atoms with E-state index in [0.29, 0.717) is 18.0 Å². The summed E-state index contributed by atoms with van der Waals surface area (Å²) >= 11 is 0. The Kier molecular flexibility index (Phi) is 4.53. The van der Waals surface area contributed by atoms with Gasteiger partial charge in [-0.3, -0.25) is 0 Å². The number of nitrogens with one attached hydrogen (secondary N) is 1. The van der Waals surface area contributed by atoms with Crippen molar-refractivity contribution in [3.8, 4) is 11.5 Å². The lowest BCUT2D eigenvalue weighted by molar-refractivity contribution is 0.479. The number of hydrogen-bond acceptors (Lipinski definition) is 4. The van der Waals surface area contributed by atoms with E-state index in [4.69, 9.17) is 9.88 Å². The molecule has 0 amide bonds. The van der Waals surface area contributed by atoms with Gasteiger partial charge in [-0.2, -0.15) is 0 Å². The molecule has 3 N–H and O–H groups in total. The maximum absolute atomic E-state index is 11.6. The van der Waals surface area contributed by atoms with Gasteiger partial charge in [0.25, 0.3) is 0 Å². The molecule has 0 aliphatic carbocycles. The van der Waals surface area contributed by atoms with Gasteiger partial charge in [-0.15, -0.1) is 0 Å². The van der Waals surface area contributed by atoms with Gasteiger partial charge in [0.1, 0.15) is 11.5 Å². The van der Waals surface area contributed by atoms with Crippen LogP contribution in [0, 0.1) is 0 Å². The highest BCUT2D eigenvalue weighted by Gasteiger charge is 2.13. The summed E-state index contributed by atoms with van der Waals surface area (Å²) in [6, 6.07) is 18.4. The van der Waals surface area contributed by atoms with Crippen molar-refractivity contribution < 1.29 is 13.2 Å². The molecule has 6 heteroatoms. The number of ether oxygens (including phenoxy) is 1. The Hall–Kier alpha value is -2.41. The largest absolute Gasteiger partial charge is 0.456 e. The standard InChI is InChI=1S/C18H18N2O3S/c1-20-12-14-11-15(24(19,21)22)9-10-17(14)23-18-8-4-6-13-5-2-3-7-16(13)18/h2-11,20H,12H2,1H3,(H2,19,21,22). The molecule has 3 rings (SSSR count). The number of sulfonamides is 1. The van der Waals surface area contributed by atoms with E-state index in [-0.39, 0.29) is 4.90 Å². The summed E-state index contributed by atoms with van der Waals surface area (Å²) < 4.78 is 29.2. The van der Waals surface area contributed by atoms with E-state index >= 15 is 0 Å². The smallest absolute Gasteiger partial charge is 0.238 e. The number of nitrogens with two attached hydrogens (primary N) is 1. The molecule has 0 radical (unpaired) electrons. The maximum atomic E-state index is 11.6. The highest BCUT2D eigenvalue weighted by molar-refractivity contribution is 7.89. The van der Waals surface area contributed by atoms with Crippen molar-refractivity contribution in [1.29, 1.82) is 0 Å². The molecule has 0 saturated heterocycles. The van der Waals surface area contributed by atoms with Gasteiger partial charge in [-0.25, -0.2) is 13.6 Å². The van der Waals surface area contributed by atoms with Crippen molar-refractivity contribution in [2.75, 3.05) is 7.05 Å². The molecule has 124 valence electrons. The van der Waals surface area contributed by atoms with Gasteiger partial charge >= 0.3 is 0 Å². The van der Waals surface area contributed by atoms with Crippen molar-refractivity contribution in [1.82, 2.24) is 5.32 Å². The molecule has 0 saturated carbocycles. The van der Waals surface area contributed by atoms with Crippen molar-refractivity contribution in [3.05, 3.63) is 66.2 Å².